The highest BCUT2D eigenvalue weighted by Crippen LogP contribution is 2.24. The number of aromatic nitrogens is 3. The third-order valence-electron chi connectivity index (χ3n) is 3.19. The van der Waals surface area contributed by atoms with Gasteiger partial charge in [0.2, 0.25) is 0 Å². The van der Waals surface area contributed by atoms with Crippen molar-refractivity contribution < 1.29 is 9.84 Å². The molecule has 0 aliphatic carbocycles. The molecule has 2 rings (SSSR count). The van der Waals surface area contributed by atoms with Crippen LogP contribution in [-0.2, 0) is 6.54 Å². The van der Waals surface area contributed by atoms with E-state index in [-0.39, 0.29) is 0 Å². The summed E-state index contributed by atoms with van der Waals surface area (Å²) in [4.78, 5) is 4.49. The third kappa shape index (κ3) is 3.92. The summed E-state index contributed by atoms with van der Waals surface area (Å²) in [5, 5.41) is 17.3. The summed E-state index contributed by atoms with van der Waals surface area (Å²) < 4.78 is 7.17. The standard InChI is InChI=1S/C15H24N4O2/c1-10(2)11-6-12(21-5)14-17-13(18-19(14)8-11)7-16-9-15(3,4)20/h6,8,10,16,20H,7,9H2,1-5H3. The molecule has 0 saturated carbocycles. The minimum atomic E-state index is -0.748. The van der Waals surface area contributed by atoms with Crippen molar-refractivity contribution in [2.24, 2.45) is 0 Å². The zero-order valence-electron chi connectivity index (χ0n) is 13.3. The van der Waals surface area contributed by atoms with Gasteiger partial charge in [-0.2, -0.15) is 0 Å². The smallest absolute Gasteiger partial charge is 0.198 e. The lowest BCUT2D eigenvalue weighted by Gasteiger charge is -2.16. The number of nitrogens with one attached hydrogen (secondary N) is 1. The molecule has 116 valence electrons. The van der Waals surface area contributed by atoms with Gasteiger partial charge in [-0.05, 0) is 31.4 Å². The van der Waals surface area contributed by atoms with E-state index in [9.17, 15) is 5.11 Å². The number of pyridine rings is 1. The average molecular weight is 292 g/mol. The maximum Gasteiger partial charge on any atom is 0.198 e. The number of aliphatic hydroxyl groups is 1. The average Bonchev–Trinajstić information content (AvgIpc) is 2.78. The molecule has 0 aliphatic heterocycles. The van der Waals surface area contributed by atoms with Crippen molar-refractivity contribution in [3.05, 3.63) is 23.7 Å². The molecule has 6 nitrogen and oxygen atoms in total. The van der Waals surface area contributed by atoms with E-state index in [1.54, 1.807) is 25.5 Å². The van der Waals surface area contributed by atoms with E-state index >= 15 is 0 Å². The van der Waals surface area contributed by atoms with Crippen molar-refractivity contribution in [3.8, 4) is 5.75 Å². The summed E-state index contributed by atoms with van der Waals surface area (Å²) in [7, 11) is 1.64. The van der Waals surface area contributed by atoms with Gasteiger partial charge in [-0.1, -0.05) is 13.8 Å². The van der Waals surface area contributed by atoms with E-state index < -0.39 is 5.60 Å². The molecular weight excluding hydrogens is 268 g/mol. The van der Waals surface area contributed by atoms with Crippen LogP contribution < -0.4 is 10.1 Å². The molecule has 0 bridgehead atoms. The van der Waals surface area contributed by atoms with Gasteiger partial charge in [0, 0.05) is 12.7 Å². The molecule has 0 aromatic carbocycles. The maximum absolute atomic E-state index is 9.69. The van der Waals surface area contributed by atoms with E-state index in [4.69, 9.17) is 4.74 Å². The molecule has 0 spiro atoms. The van der Waals surface area contributed by atoms with Crippen LogP contribution >= 0.6 is 0 Å². The topological polar surface area (TPSA) is 71.7 Å². The Morgan fingerprint density at radius 3 is 2.71 bits per heavy atom. The first-order chi connectivity index (χ1) is 9.80. The first-order valence-electron chi connectivity index (χ1n) is 7.16. The van der Waals surface area contributed by atoms with Crippen molar-refractivity contribution in [1.29, 1.82) is 0 Å². The number of fused-ring (bicyclic) bond motifs is 1. The minimum Gasteiger partial charge on any atom is -0.493 e. The molecule has 2 aromatic rings. The SMILES string of the molecule is COc1cc(C(C)C)cn2nc(CNCC(C)(C)O)nc12. The van der Waals surface area contributed by atoms with Crippen LogP contribution in [0.5, 0.6) is 5.75 Å². The lowest BCUT2D eigenvalue weighted by atomic mass is 10.1. The predicted molar refractivity (Wildman–Crippen MR) is 81.6 cm³/mol. The van der Waals surface area contributed by atoms with Gasteiger partial charge in [0.05, 0.1) is 19.3 Å². The number of hydrogen-bond donors (Lipinski definition) is 2. The van der Waals surface area contributed by atoms with E-state index in [1.807, 2.05) is 12.3 Å². The van der Waals surface area contributed by atoms with Crippen molar-refractivity contribution in [2.75, 3.05) is 13.7 Å². The molecule has 2 N–H and O–H groups in total. The highest BCUT2D eigenvalue weighted by molar-refractivity contribution is 5.54. The van der Waals surface area contributed by atoms with E-state index in [2.05, 4.69) is 29.2 Å². The predicted octanol–water partition coefficient (Wildman–Crippen LogP) is 1.72. The van der Waals surface area contributed by atoms with Crippen molar-refractivity contribution in [1.82, 2.24) is 19.9 Å². The Kier molecular flexibility index (Phi) is 4.49. The normalized spacial score (nSPS) is 12.3. The van der Waals surface area contributed by atoms with Crippen LogP contribution in [0.3, 0.4) is 0 Å². The second kappa shape index (κ2) is 5.99. The molecule has 0 aliphatic rings. The van der Waals surface area contributed by atoms with Crippen LogP contribution in [0, 0.1) is 0 Å². The molecular formula is C15H24N4O2. The Labute approximate surface area is 125 Å². The molecule has 0 atom stereocenters. The summed E-state index contributed by atoms with van der Waals surface area (Å²) in [6, 6.07) is 2.00. The fraction of sp³-hybridized carbons (Fsp3) is 0.600. The summed E-state index contributed by atoms with van der Waals surface area (Å²) in [6.07, 6.45) is 1.98. The van der Waals surface area contributed by atoms with Crippen LogP contribution in [-0.4, -0.2) is 39.0 Å². The van der Waals surface area contributed by atoms with E-state index in [0.717, 1.165) is 11.3 Å². The molecule has 0 saturated heterocycles. The molecule has 0 amide bonds. The summed E-state index contributed by atoms with van der Waals surface area (Å²) in [5.74, 6) is 1.80. The van der Waals surface area contributed by atoms with Gasteiger partial charge in [-0.25, -0.2) is 9.50 Å². The molecule has 0 unspecified atom stereocenters. The number of hydrogen-bond acceptors (Lipinski definition) is 5. The molecule has 0 radical (unpaired) electrons. The Hall–Kier alpha value is -1.66. The van der Waals surface area contributed by atoms with Gasteiger partial charge in [-0.15, -0.1) is 5.10 Å². The van der Waals surface area contributed by atoms with Gasteiger partial charge in [-0.3, -0.25) is 0 Å². The summed E-state index contributed by atoms with van der Waals surface area (Å²) in [6.45, 7) is 8.76. The van der Waals surface area contributed by atoms with Gasteiger partial charge >= 0.3 is 0 Å². The summed E-state index contributed by atoms with van der Waals surface area (Å²) >= 11 is 0. The van der Waals surface area contributed by atoms with E-state index in [0.29, 0.717) is 30.5 Å². The highest BCUT2D eigenvalue weighted by atomic mass is 16.5. The Balaban J connectivity index is 2.24. The van der Waals surface area contributed by atoms with Crippen LogP contribution in [0.2, 0.25) is 0 Å². The number of methoxy groups -OCH3 is 1. The fourth-order valence-electron chi connectivity index (χ4n) is 2.04. The highest BCUT2D eigenvalue weighted by Gasteiger charge is 2.14. The minimum absolute atomic E-state index is 0.393. The zero-order chi connectivity index (χ0) is 15.6. The second-order valence-corrected chi connectivity index (χ2v) is 6.21. The lowest BCUT2D eigenvalue weighted by molar-refractivity contribution is 0.0793. The van der Waals surface area contributed by atoms with Gasteiger partial charge in [0.15, 0.2) is 17.2 Å². The number of nitrogens with zero attached hydrogens (tertiary/aromatic N) is 3. The molecule has 6 heteroatoms. The lowest BCUT2D eigenvalue weighted by Crippen LogP contribution is -2.34. The number of ether oxygens (including phenoxy) is 1. The molecule has 2 aromatic heterocycles. The zero-order valence-corrected chi connectivity index (χ0v) is 13.3. The van der Waals surface area contributed by atoms with Crippen molar-refractivity contribution >= 4 is 5.65 Å². The van der Waals surface area contributed by atoms with Gasteiger partial charge < -0.3 is 15.2 Å². The summed E-state index contributed by atoms with van der Waals surface area (Å²) in [5.41, 5.74) is 1.11. The fourth-order valence-corrected chi connectivity index (χ4v) is 2.04. The van der Waals surface area contributed by atoms with Crippen molar-refractivity contribution in [2.45, 2.75) is 45.8 Å². The van der Waals surface area contributed by atoms with Crippen LogP contribution in [0.1, 0.15) is 45.0 Å². The Morgan fingerprint density at radius 1 is 1.43 bits per heavy atom. The Bertz CT molecular complexity index is 614. The first-order valence-corrected chi connectivity index (χ1v) is 7.16. The van der Waals surface area contributed by atoms with Crippen LogP contribution in [0.15, 0.2) is 12.3 Å². The van der Waals surface area contributed by atoms with Crippen molar-refractivity contribution in [3.63, 3.8) is 0 Å². The van der Waals surface area contributed by atoms with Crippen LogP contribution in [0.25, 0.3) is 5.65 Å². The monoisotopic (exact) mass is 292 g/mol. The second-order valence-electron chi connectivity index (χ2n) is 6.21. The van der Waals surface area contributed by atoms with E-state index in [1.165, 1.54) is 0 Å². The molecule has 0 fully saturated rings. The molecule has 21 heavy (non-hydrogen) atoms. The first kappa shape index (κ1) is 15.7. The number of rotatable bonds is 6. The Morgan fingerprint density at radius 2 is 2.14 bits per heavy atom. The van der Waals surface area contributed by atoms with Gasteiger partial charge in [0.1, 0.15) is 0 Å². The third-order valence-corrected chi connectivity index (χ3v) is 3.19. The van der Waals surface area contributed by atoms with Gasteiger partial charge in [0.25, 0.3) is 0 Å². The maximum atomic E-state index is 9.69. The molecule has 2 heterocycles. The van der Waals surface area contributed by atoms with Crippen LogP contribution in [0.4, 0.5) is 0 Å². The largest absolute Gasteiger partial charge is 0.493 e. The quantitative estimate of drug-likeness (QED) is 0.848.